The van der Waals surface area contributed by atoms with Crippen LogP contribution in [-0.2, 0) is 6.18 Å². The molecule has 2 aromatic heterocycles. The van der Waals surface area contributed by atoms with Crippen molar-refractivity contribution in [3.63, 3.8) is 0 Å². The number of hydrogen-bond acceptors (Lipinski definition) is 6. The van der Waals surface area contributed by atoms with Gasteiger partial charge in [-0.25, -0.2) is 4.98 Å². The van der Waals surface area contributed by atoms with Crippen molar-refractivity contribution in [1.82, 2.24) is 19.9 Å². The summed E-state index contributed by atoms with van der Waals surface area (Å²) in [5.41, 5.74) is 0.945. The number of rotatable bonds is 7. The maximum atomic E-state index is 13.2. The molecule has 0 saturated carbocycles. The lowest BCUT2D eigenvalue weighted by atomic mass is 10.1. The molecule has 1 aromatic carbocycles. The zero-order chi connectivity index (χ0) is 21.7. The van der Waals surface area contributed by atoms with Crippen LogP contribution in [0, 0.1) is 6.92 Å². The van der Waals surface area contributed by atoms with Crippen molar-refractivity contribution < 1.29 is 13.2 Å². The van der Waals surface area contributed by atoms with E-state index in [-0.39, 0.29) is 5.56 Å². The molecule has 6 nitrogen and oxygen atoms in total. The summed E-state index contributed by atoms with van der Waals surface area (Å²) in [6, 6.07) is 11.1. The minimum absolute atomic E-state index is 0.102. The third kappa shape index (κ3) is 5.44. The Kier molecular flexibility index (Phi) is 6.51. The van der Waals surface area contributed by atoms with E-state index in [9.17, 15) is 13.2 Å². The van der Waals surface area contributed by atoms with E-state index in [0.29, 0.717) is 35.4 Å². The van der Waals surface area contributed by atoms with Crippen LogP contribution in [-0.4, -0.2) is 47.0 Å². The molecule has 3 aromatic rings. The number of benzene rings is 1. The summed E-state index contributed by atoms with van der Waals surface area (Å²) in [7, 11) is 3.91. The summed E-state index contributed by atoms with van der Waals surface area (Å²) in [6.07, 6.45) is -2.77. The van der Waals surface area contributed by atoms with Gasteiger partial charge >= 0.3 is 6.18 Å². The van der Waals surface area contributed by atoms with Gasteiger partial charge in [-0.3, -0.25) is 4.98 Å². The molecule has 0 bridgehead atoms. The van der Waals surface area contributed by atoms with Gasteiger partial charge in [-0.1, -0.05) is 12.1 Å². The van der Waals surface area contributed by atoms with Crippen LogP contribution < -0.4 is 10.6 Å². The largest absolute Gasteiger partial charge is 0.416 e. The monoisotopic (exact) mass is 416 g/mol. The van der Waals surface area contributed by atoms with Crippen molar-refractivity contribution >= 4 is 17.5 Å². The Labute approximate surface area is 173 Å². The third-order valence-electron chi connectivity index (χ3n) is 4.40. The Morgan fingerprint density at radius 3 is 2.47 bits per heavy atom. The molecule has 0 amide bonds. The molecule has 0 saturated heterocycles. The molecule has 158 valence electrons. The number of nitrogens with one attached hydrogen (secondary N) is 2. The van der Waals surface area contributed by atoms with Crippen LogP contribution in [0.25, 0.3) is 11.4 Å². The Balaban J connectivity index is 1.96. The number of hydrogen-bond donors (Lipinski definition) is 2. The molecule has 30 heavy (non-hydrogen) atoms. The quantitative estimate of drug-likeness (QED) is 0.588. The lowest BCUT2D eigenvalue weighted by molar-refractivity contribution is -0.138. The molecule has 0 atom stereocenters. The molecule has 0 aliphatic heterocycles. The molecule has 0 unspecified atom stereocenters. The summed E-state index contributed by atoms with van der Waals surface area (Å²) < 4.78 is 39.7. The molecule has 0 aliphatic rings. The van der Waals surface area contributed by atoms with Gasteiger partial charge in [-0.2, -0.15) is 18.2 Å². The van der Waals surface area contributed by atoms with E-state index in [4.69, 9.17) is 0 Å². The number of likely N-dealkylation sites (N-methyl/N-ethyl adjacent to an activating group) is 1. The van der Waals surface area contributed by atoms with Crippen molar-refractivity contribution in [3.8, 4) is 11.4 Å². The second-order valence-corrected chi connectivity index (χ2v) is 7.01. The summed E-state index contributed by atoms with van der Waals surface area (Å²) in [5.74, 6) is 0.743. The standard InChI is InChI=1S/C21H23F3N6/c1-14-15(21(22,23)24)7-6-9-16(14)27-19-13-18(17-8-4-5-10-25-17)28-20(29-19)26-11-12-30(2)3/h4-10,13H,11-12H2,1-3H3,(H2,26,27,28,29). The second kappa shape index (κ2) is 9.08. The van der Waals surface area contributed by atoms with Crippen molar-refractivity contribution in [1.29, 1.82) is 0 Å². The highest BCUT2D eigenvalue weighted by atomic mass is 19.4. The maximum absolute atomic E-state index is 13.2. The Morgan fingerprint density at radius 1 is 1.00 bits per heavy atom. The van der Waals surface area contributed by atoms with E-state index in [1.54, 1.807) is 24.4 Å². The molecular weight excluding hydrogens is 393 g/mol. The zero-order valence-electron chi connectivity index (χ0n) is 17.0. The molecule has 0 fully saturated rings. The highest BCUT2D eigenvalue weighted by Gasteiger charge is 2.32. The van der Waals surface area contributed by atoms with E-state index >= 15 is 0 Å². The van der Waals surface area contributed by atoms with Gasteiger partial charge in [-0.05, 0) is 50.8 Å². The predicted molar refractivity (Wildman–Crippen MR) is 112 cm³/mol. The normalized spacial score (nSPS) is 11.6. The molecule has 0 spiro atoms. The van der Waals surface area contributed by atoms with Crippen LogP contribution in [0.5, 0.6) is 0 Å². The van der Waals surface area contributed by atoms with Crippen LogP contribution in [0.4, 0.5) is 30.6 Å². The third-order valence-corrected chi connectivity index (χ3v) is 4.40. The molecule has 0 radical (unpaired) electrons. The average molecular weight is 416 g/mol. The first-order valence-corrected chi connectivity index (χ1v) is 9.37. The van der Waals surface area contributed by atoms with Crippen molar-refractivity contribution in [2.45, 2.75) is 13.1 Å². The lowest BCUT2D eigenvalue weighted by Gasteiger charge is -2.16. The predicted octanol–water partition coefficient (Wildman–Crippen LogP) is 4.58. The minimum Gasteiger partial charge on any atom is -0.353 e. The number of nitrogens with zero attached hydrogens (tertiary/aromatic N) is 4. The first kappa shape index (κ1) is 21.5. The van der Waals surface area contributed by atoms with Crippen LogP contribution in [0.3, 0.4) is 0 Å². The first-order valence-electron chi connectivity index (χ1n) is 9.37. The molecular formula is C21H23F3N6. The van der Waals surface area contributed by atoms with Gasteiger partial charge in [0.05, 0.1) is 17.0 Å². The highest BCUT2D eigenvalue weighted by molar-refractivity contribution is 5.67. The van der Waals surface area contributed by atoms with Crippen molar-refractivity contribution in [2.24, 2.45) is 0 Å². The Hall–Kier alpha value is -3.20. The van der Waals surface area contributed by atoms with Gasteiger partial charge in [0, 0.05) is 31.0 Å². The fourth-order valence-corrected chi connectivity index (χ4v) is 2.84. The fraction of sp³-hybridized carbons (Fsp3) is 0.286. The lowest BCUT2D eigenvalue weighted by Crippen LogP contribution is -2.21. The van der Waals surface area contributed by atoms with Gasteiger partial charge in [0.1, 0.15) is 5.82 Å². The fourth-order valence-electron chi connectivity index (χ4n) is 2.84. The van der Waals surface area contributed by atoms with E-state index in [2.05, 4.69) is 25.6 Å². The van der Waals surface area contributed by atoms with Gasteiger partial charge in [0.25, 0.3) is 0 Å². The van der Waals surface area contributed by atoms with E-state index in [1.165, 1.54) is 13.0 Å². The molecule has 2 N–H and O–H groups in total. The maximum Gasteiger partial charge on any atom is 0.416 e. The number of pyridine rings is 1. The summed E-state index contributed by atoms with van der Waals surface area (Å²) >= 11 is 0. The van der Waals surface area contributed by atoms with Crippen LogP contribution in [0.1, 0.15) is 11.1 Å². The number of halogens is 3. The van der Waals surface area contributed by atoms with E-state index in [0.717, 1.165) is 12.6 Å². The van der Waals surface area contributed by atoms with Crippen molar-refractivity contribution in [2.75, 3.05) is 37.8 Å². The second-order valence-electron chi connectivity index (χ2n) is 7.01. The smallest absolute Gasteiger partial charge is 0.353 e. The van der Waals surface area contributed by atoms with Crippen molar-refractivity contribution in [3.05, 3.63) is 59.8 Å². The first-order chi connectivity index (χ1) is 14.2. The van der Waals surface area contributed by atoms with Gasteiger partial charge < -0.3 is 15.5 Å². The Bertz CT molecular complexity index is 990. The topological polar surface area (TPSA) is 66.0 Å². The van der Waals surface area contributed by atoms with Crippen LogP contribution in [0.15, 0.2) is 48.7 Å². The average Bonchev–Trinajstić information content (AvgIpc) is 2.69. The number of aromatic nitrogens is 3. The molecule has 0 aliphatic carbocycles. The van der Waals surface area contributed by atoms with Crippen LogP contribution in [0.2, 0.25) is 0 Å². The molecule has 9 heteroatoms. The van der Waals surface area contributed by atoms with Gasteiger partial charge in [-0.15, -0.1) is 0 Å². The zero-order valence-corrected chi connectivity index (χ0v) is 17.0. The SMILES string of the molecule is Cc1c(Nc2cc(-c3ccccn3)nc(NCCN(C)C)n2)cccc1C(F)(F)F. The minimum atomic E-state index is -4.43. The summed E-state index contributed by atoms with van der Waals surface area (Å²) in [5, 5.41) is 6.16. The Morgan fingerprint density at radius 2 is 1.80 bits per heavy atom. The van der Waals surface area contributed by atoms with E-state index in [1.807, 2.05) is 31.1 Å². The molecule has 2 heterocycles. The van der Waals surface area contributed by atoms with Gasteiger partial charge in [0.15, 0.2) is 0 Å². The summed E-state index contributed by atoms with van der Waals surface area (Å²) in [4.78, 5) is 15.2. The highest BCUT2D eigenvalue weighted by Crippen LogP contribution is 2.35. The van der Waals surface area contributed by atoms with Gasteiger partial charge in [0.2, 0.25) is 5.95 Å². The van der Waals surface area contributed by atoms with Crippen LogP contribution >= 0.6 is 0 Å². The van der Waals surface area contributed by atoms with E-state index < -0.39 is 11.7 Å². The number of anilines is 3. The number of alkyl halides is 3. The molecule has 3 rings (SSSR count). The summed E-state index contributed by atoms with van der Waals surface area (Å²) in [6.45, 7) is 2.82.